The Morgan fingerprint density at radius 3 is 3.10 bits per heavy atom. The van der Waals surface area contributed by atoms with Crippen LogP contribution in [-0.4, -0.2) is 43.9 Å². The van der Waals surface area contributed by atoms with E-state index in [1.807, 2.05) is 18.2 Å². The number of hydrogen-bond donors (Lipinski definition) is 0. The normalized spacial score (nSPS) is 19.5. The highest BCUT2D eigenvalue weighted by Gasteiger charge is 2.18. The van der Waals surface area contributed by atoms with Crippen molar-refractivity contribution in [2.75, 3.05) is 32.8 Å². The summed E-state index contributed by atoms with van der Waals surface area (Å²) in [6, 6.07) is 9.52. The Morgan fingerprint density at radius 1 is 1.45 bits per heavy atom. The molecule has 0 bridgehead atoms. The van der Waals surface area contributed by atoms with Crippen LogP contribution in [0.25, 0.3) is 0 Å². The molecule has 4 nitrogen and oxygen atoms in total. The zero-order valence-electron chi connectivity index (χ0n) is 12.0. The molecule has 1 aliphatic rings. The second-order valence-electron chi connectivity index (χ2n) is 5.01. The van der Waals surface area contributed by atoms with E-state index in [-0.39, 0.29) is 0 Å². The van der Waals surface area contributed by atoms with Crippen LogP contribution in [0.3, 0.4) is 0 Å². The number of para-hydroxylation sites is 1. The topological polar surface area (TPSA) is 45.5 Å². The summed E-state index contributed by atoms with van der Waals surface area (Å²) in [4.78, 5) is 2.43. The van der Waals surface area contributed by atoms with Crippen molar-refractivity contribution in [2.45, 2.75) is 25.9 Å². The summed E-state index contributed by atoms with van der Waals surface area (Å²) in [6.07, 6.45) is 2.42. The standard InChI is InChI=1S/C16H22N2O2/c1-2-15-13-18(9-11-19-15)8-5-10-20-16-7-4-3-6-14(16)12-17/h3-4,6-7,15H,2,5,8-11,13H2,1H3. The van der Waals surface area contributed by atoms with Crippen molar-refractivity contribution in [1.29, 1.82) is 5.26 Å². The molecule has 0 aromatic heterocycles. The van der Waals surface area contributed by atoms with E-state index in [1.54, 1.807) is 6.07 Å². The zero-order chi connectivity index (χ0) is 14.2. The highest BCUT2D eigenvalue weighted by molar-refractivity contribution is 5.42. The molecule has 4 heteroatoms. The fraction of sp³-hybridized carbons (Fsp3) is 0.562. The lowest BCUT2D eigenvalue weighted by atomic mass is 10.2. The second-order valence-corrected chi connectivity index (χ2v) is 5.01. The molecular formula is C16H22N2O2. The average Bonchev–Trinajstić information content (AvgIpc) is 2.52. The average molecular weight is 274 g/mol. The number of hydrogen-bond acceptors (Lipinski definition) is 4. The van der Waals surface area contributed by atoms with Crippen molar-refractivity contribution in [2.24, 2.45) is 0 Å². The zero-order valence-corrected chi connectivity index (χ0v) is 12.0. The SMILES string of the molecule is CCC1CN(CCCOc2ccccc2C#N)CCO1. The third-order valence-electron chi connectivity index (χ3n) is 3.56. The Kier molecular flexibility index (Phi) is 5.85. The summed E-state index contributed by atoms with van der Waals surface area (Å²) < 4.78 is 11.3. The molecular weight excluding hydrogens is 252 g/mol. The van der Waals surface area contributed by atoms with Crippen molar-refractivity contribution in [3.63, 3.8) is 0 Å². The number of rotatable bonds is 6. The molecule has 1 fully saturated rings. The Balaban J connectivity index is 1.70. The van der Waals surface area contributed by atoms with Gasteiger partial charge in [0.05, 0.1) is 24.9 Å². The van der Waals surface area contributed by atoms with Crippen molar-refractivity contribution in [1.82, 2.24) is 4.90 Å². The van der Waals surface area contributed by atoms with E-state index in [2.05, 4.69) is 17.9 Å². The first kappa shape index (κ1) is 14.8. The fourth-order valence-electron chi connectivity index (χ4n) is 2.39. The molecule has 0 saturated carbocycles. The molecule has 1 aliphatic heterocycles. The van der Waals surface area contributed by atoms with Crippen molar-refractivity contribution in [3.05, 3.63) is 29.8 Å². The van der Waals surface area contributed by atoms with Crippen LogP contribution < -0.4 is 4.74 Å². The van der Waals surface area contributed by atoms with E-state index >= 15 is 0 Å². The summed E-state index contributed by atoms with van der Waals surface area (Å²) in [5.41, 5.74) is 0.602. The van der Waals surface area contributed by atoms with Gasteiger partial charge in [0.1, 0.15) is 11.8 Å². The van der Waals surface area contributed by atoms with E-state index in [0.717, 1.165) is 39.1 Å². The molecule has 20 heavy (non-hydrogen) atoms. The van der Waals surface area contributed by atoms with Crippen LogP contribution in [0.4, 0.5) is 0 Å². The smallest absolute Gasteiger partial charge is 0.137 e. The molecule has 1 aromatic rings. The maximum atomic E-state index is 8.98. The van der Waals surface area contributed by atoms with Gasteiger partial charge in [-0.2, -0.15) is 5.26 Å². The monoisotopic (exact) mass is 274 g/mol. The third kappa shape index (κ3) is 4.22. The minimum atomic E-state index is 0.379. The van der Waals surface area contributed by atoms with Crippen LogP contribution in [0.5, 0.6) is 5.75 Å². The van der Waals surface area contributed by atoms with Crippen LogP contribution >= 0.6 is 0 Å². The molecule has 1 atom stereocenters. The van der Waals surface area contributed by atoms with Gasteiger partial charge in [0.25, 0.3) is 0 Å². The quantitative estimate of drug-likeness (QED) is 0.747. The molecule has 0 amide bonds. The highest BCUT2D eigenvalue weighted by atomic mass is 16.5. The predicted octanol–water partition coefficient (Wildman–Crippen LogP) is 2.44. The first-order valence-electron chi connectivity index (χ1n) is 7.29. The van der Waals surface area contributed by atoms with Gasteiger partial charge in [0.15, 0.2) is 0 Å². The largest absolute Gasteiger partial charge is 0.492 e. The van der Waals surface area contributed by atoms with Crippen molar-refractivity contribution >= 4 is 0 Å². The lowest BCUT2D eigenvalue weighted by Crippen LogP contribution is -2.42. The molecule has 0 aliphatic carbocycles. The highest BCUT2D eigenvalue weighted by Crippen LogP contribution is 2.16. The number of ether oxygens (including phenoxy) is 2. The lowest BCUT2D eigenvalue weighted by molar-refractivity contribution is -0.0306. The predicted molar refractivity (Wildman–Crippen MR) is 77.7 cm³/mol. The Morgan fingerprint density at radius 2 is 2.30 bits per heavy atom. The van der Waals surface area contributed by atoms with E-state index < -0.39 is 0 Å². The van der Waals surface area contributed by atoms with Crippen LogP contribution in [-0.2, 0) is 4.74 Å². The molecule has 108 valence electrons. The number of morpholine rings is 1. The lowest BCUT2D eigenvalue weighted by Gasteiger charge is -2.32. The molecule has 0 N–H and O–H groups in total. The molecule has 1 unspecified atom stereocenters. The number of nitrogens with zero attached hydrogens (tertiary/aromatic N) is 2. The first-order chi connectivity index (χ1) is 9.83. The Hall–Kier alpha value is -1.57. The van der Waals surface area contributed by atoms with E-state index in [0.29, 0.717) is 24.0 Å². The van der Waals surface area contributed by atoms with Crippen LogP contribution in [0.1, 0.15) is 25.3 Å². The van der Waals surface area contributed by atoms with Gasteiger partial charge in [-0.25, -0.2) is 0 Å². The maximum absolute atomic E-state index is 8.98. The maximum Gasteiger partial charge on any atom is 0.137 e. The first-order valence-corrected chi connectivity index (χ1v) is 7.29. The molecule has 1 heterocycles. The van der Waals surface area contributed by atoms with Gasteiger partial charge in [-0.1, -0.05) is 19.1 Å². The summed E-state index contributed by atoms with van der Waals surface area (Å²) >= 11 is 0. The Labute approximate surface area is 120 Å². The number of benzene rings is 1. The van der Waals surface area contributed by atoms with Crippen LogP contribution in [0.15, 0.2) is 24.3 Å². The van der Waals surface area contributed by atoms with Crippen molar-refractivity contribution < 1.29 is 9.47 Å². The Bertz CT molecular complexity index is 456. The summed E-state index contributed by atoms with van der Waals surface area (Å²) in [7, 11) is 0. The van der Waals surface area contributed by atoms with Gasteiger partial charge in [-0.15, -0.1) is 0 Å². The van der Waals surface area contributed by atoms with E-state index in [9.17, 15) is 0 Å². The van der Waals surface area contributed by atoms with Gasteiger partial charge in [-0.3, -0.25) is 4.90 Å². The van der Waals surface area contributed by atoms with Gasteiger partial charge in [-0.05, 0) is 25.0 Å². The van der Waals surface area contributed by atoms with Gasteiger partial charge >= 0.3 is 0 Å². The molecule has 1 aromatic carbocycles. The van der Waals surface area contributed by atoms with Crippen molar-refractivity contribution in [3.8, 4) is 11.8 Å². The fourth-order valence-corrected chi connectivity index (χ4v) is 2.39. The summed E-state index contributed by atoms with van der Waals surface area (Å²) in [5, 5.41) is 8.98. The van der Waals surface area contributed by atoms with E-state index in [1.165, 1.54) is 0 Å². The van der Waals surface area contributed by atoms with E-state index in [4.69, 9.17) is 14.7 Å². The van der Waals surface area contributed by atoms with Crippen LogP contribution in [0, 0.1) is 11.3 Å². The minimum Gasteiger partial charge on any atom is -0.492 e. The second kappa shape index (κ2) is 7.88. The van der Waals surface area contributed by atoms with Gasteiger partial charge < -0.3 is 9.47 Å². The van der Waals surface area contributed by atoms with Gasteiger partial charge in [0.2, 0.25) is 0 Å². The summed E-state index contributed by atoms with van der Waals surface area (Å²) in [5.74, 6) is 0.684. The minimum absolute atomic E-state index is 0.379. The molecule has 0 spiro atoms. The third-order valence-corrected chi connectivity index (χ3v) is 3.56. The number of nitriles is 1. The van der Waals surface area contributed by atoms with Crippen LogP contribution in [0.2, 0.25) is 0 Å². The molecule has 2 rings (SSSR count). The van der Waals surface area contributed by atoms with Gasteiger partial charge in [0, 0.05) is 19.6 Å². The summed E-state index contributed by atoms with van der Waals surface area (Å²) in [6.45, 7) is 6.69. The molecule has 0 radical (unpaired) electrons. The molecule has 1 saturated heterocycles.